The second-order valence-corrected chi connectivity index (χ2v) is 5.53. The van der Waals surface area contributed by atoms with Crippen LogP contribution in [0.25, 0.3) is 0 Å². The molecule has 1 aromatic carbocycles. The number of hydrogen-bond donors (Lipinski definition) is 1. The molecule has 0 aromatic heterocycles. The highest BCUT2D eigenvalue weighted by molar-refractivity contribution is 6.04. The largest absolute Gasteiger partial charge is 0.342 e. The number of carbonyl (C=O) groups is 2. The lowest BCUT2D eigenvalue weighted by Gasteiger charge is -2.34. The van der Waals surface area contributed by atoms with Crippen molar-refractivity contribution in [3.63, 3.8) is 0 Å². The summed E-state index contributed by atoms with van der Waals surface area (Å²) in [6.45, 7) is 6.44. The van der Waals surface area contributed by atoms with Crippen LogP contribution >= 0.6 is 0 Å². The van der Waals surface area contributed by atoms with Crippen molar-refractivity contribution in [2.75, 3.05) is 11.4 Å². The Kier molecular flexibility index (Phi) is 4.66. The first-order valence-corrected chi connectivity index (χ1v) is 7.78. The van der Waals surface area contributed by atoms with Crippen molar-refractivity contribution in [2.24, 2.45) is 0 Å². The Bertz CT molecular complexity index is 535. The Morgan fingerprint density at radius 3 is 2.43 bits per heavy atom. The Morgan fingerprint density at radius 1 is 1.14 bits per heavy atom. The van der Waals surface area contributed by atoms with Crippen LogP contribution in [0.5, 0.6) is 0 Å². The van der Waals surface area contributed by atoms with Gasteiger partial charge in [0.05, 0.1) is 0 Å². The monoisotopic (exact) mass is 288 g/mol. The van der Waals surface area contributed by atoms with Gasteiger partial charge in [-0.15, -0.1) is 0 Å². The number of nitrogens with zero attached hydrogens (tertiary/aromatic N) is 1. The second kappa shape index (κ2) is 6.29. The van der Waals surface area contributed by atoms with Crippen molar-refractivity contribution >= 4 is 17.5 Å². The molecule has 1 saturated heterocycles. The molecule has 2 rings (SSSR count). The molecule has 1 N–H and O–H groups in total. The molecule has 2 amide bonds. The standard InChI is InChI=1S/C17H24N2O2/c1-4-13-9-7-8-10-14(13)19-12-11-15(20)18-17(5-2,6-3)16(19)21/h7-10H,4-6,11-12H2,1-3H3,(H,18,20). The van der Waals surface area contributed by atoms with Crippen molar-refractivity contribution in [3.05, 3.63) is 29.8 Å². The van der Waals surface area contributed by atoms with E-state index in [4.69, 9.17) is 0 Å². The molecule has 21 heavy (non-hydrogen) atoms. The van der Waals surface area contributed by atoms with E-state index in [9.17, 15) is 9.59 Å². The Morgan fingerprint density at radius 2 is 1.81 bits per heavy atom. The van der Waals surface area contributed by atoms with Crippen LogP contribution in [0, 0.1) is 0 Å². The zero-order valence-electron chi connectivity index (χ0n) is 13.1. The van der Waals surface area contributed by atoms with E-state index in [1.807, 2.05) is 38.1 Å². The molecule has 0 bridgehead atoms. The molecule has 0 saturated carbocycles. The maximum atomic E-state index is 13.1. The fourth-order valence-electron chi connectivity index (χ4n) is 2.99. The molecular formula is C17H24N2O2. The van der Waals surface area contributed by atoms with Gasteiger partial charge in [-0.05, 0) is 30.9 Å². The number of hydrogen-bond acceptors (Lipinski definition) is 2. The third-order valence-corrected chi connectivity index (χ3v) is 4.47. The number of aryl methyl sites for hydroxylation is 1. The van der Waals surface area contributed by atoms with Gasteiger partial charge < -0.3 is 10.2 Å². The fourth-order valence-corrected chi connectivity index (χ4v) is 2.99. The summed E-state index contributed by atoms with van der Waals surface area (Å²) >= 11 is 0. The molecule has 1 heterocycles. The quantitative estimate of drug-likeness (QED) is 0.926. The van der Waals surface area contributed by atoms with Crippen molar-refractivity contribution in [1.82, 2.24) is 5.32 Å². The smallest absolute Gasteiger partial charge is 0.252 e. The highest BCUT2D eigenvalue weighted by Crippen LogP contribution is 2.28. The van der Waals surface area contributed by atoms with Crippen LogP contribution in [0.15, 0.2) is 24.3 Å². The SMILES string of the molecule is CCc1ccccc1N1CCC(=O)NC(CC)(CC)C1=O. The van der Waals surface area contributed by atoms with Gasteiger partial charge in [0.2, 0.25) is 5.91 Å². The summed E-state index contributed by atoms with van der Waals surface area (Å²) in [6, 6.07) is 7.95. The highest BCUT2D eigenvalue weighted by Gasteiger charge is 2.42. The lowest BCUT2D eigenvalue weighted by Crippen LogP contribution is -2.56. The predicted octanol–water partition coefficient (Wildman–Crippen LogP) is 2.66. The first-order valence-electron chi connectivity index (χ1n) is 7.78. The number of benzene rings is 1. The summed E-state index contributed by atoms with van der Waals surface area (Å²) in [4.78, 5) is 26.9. The topological polar surface area (TPSA) is 49.4 Å². The van der Waals surface area contributed by atoms with Gasteiger partial charge >= 0.3 is 0 Å². The summed E-state index contributed by atoms with van der Waals surface area (Å²) in [5.41, 5.74) is 1.31. The number of nitrogens with one attached hydrogen (secondary N) is 1. The minimum atomic E-state index is -0.769. The van der Waals surface area contributed by atoms with Crippen molar-refractivity contribution in [3.8, 4) is 0 Å². The minimum absolute atomic E-state index is 0.0132. The van der Waals surface area contributed by atoms with Crippen LogP contribution < -0.4 is 10.2 Å². The number of carbonyl (C=O) groups excluding carboxylic acids is 2. The molecular weight excluding hydrogens is 264 g/mol. The van der Waals surface area contributed by atoms with Crippen LogP contribution in [-0.2, 0) is 16.0 Å². The molecule has 1 aliphatic rings. The van der Waals surface area contributed by atoms with Gasteiger partial charge in [-0.2, -0.15) is 0 Å². The van der Waals surface area contributed by atoms with Crippen molar-refractivity contribution < 1.29 is 9.59 Å². The van der Waals surface area contributed by atoms with E-state index in [1.165, 1.54) is 0 Å². The number of amides is 2. The number of anilines is 1. The van der Waals surface area contributed by atoms with E-state index in [0.717, 1.165) is 17.7 Å². The van der Waals surface area contributed by atoms with Crippen LogP contribution in [0.1, 0.15) is 45.6 Å². The number of para-hydroxylation sites is 1. The van der Waals surface area contributed by atoms with Gasteiger partial charge in [0.25, 0.3) is 5.91 Å². The summed E-state index contributed by atoms with van der Waals surface area (Å²) in [7, 11) is 0. The lowest BCUT2D eigenvalue weighted by molar-refractivity contribution is -0.130. The summed E-state index contributed by atoms with van der Waals surface area (Å²) in [5.74, 6) is -0.0252. The minimum Gasteiger partial charge on any atom is -0.342 e. The predicted molar refractivity (Wildman–Crippen MR) is 84.2 cm³/mol. The molecule has 1 fully saturated rings. The van der Waals surface area contributed by atoms with E-state index >= 15 is 0 Å². The van der Waals surface area contributed by atoms with E-state index in [0.29, 0.717) is 25.8 Å². The molecule has 0 aliphatic carbocycles. The van der Waals surface area contributed by atoms with E-state index < -0.39 is 5.54 Å². The van der Waals surface area contributed by atoms with Gasteiger partial charge in [-0.3, -0.25) is 9.59 Å². The molecule has 4 heteroatoms. The van der Waals surface area contributed by atoms with Gasteiger partial charge in [0.1, 0.15) is 5.54 Å². The molecule has 0 radical (unpaired) electrons. The van der Waals surface area contributed by atoms with Crippen LogP contribution in [0.2, 0.25) is 0 Å². The maximum Gasteiger partial charge on any atom is 0.252 e. The Balaban J connectivity index is 2.47. The van der Waals surface area contributed by atoms with E-state index in [-0.39, 0.29) is 11.8 Å². The van der Waals surface area contributed by atoms with Crippen LogP contribution in [0.4, 0.5) is 5.69 Å². The molecule has 4 nitrogen and oxygen atoms in total. The second-order valence-electron chi connectivity index (χ2n) is 5.53. The highest BCUT2D eigenvalue weighted by atomic mass is 16.2. The fraction of sp³-hybridized carbons (Fsp3) is 0.529. The normalized spacial score (nSPS) is 18.3. The third kappa shape index (κ3) is 2.80. The first kappa shape index (κ1) is 15.5. The molecule has 0 unspecified atom stereocenters. The van der Waals surface area contributed by atoms with Crippen LogP contribution in [0.3, 0.4) is 0 Å². The average Bonchev–Trinajstić information content (AvgIpc) is 2.64. The average molecular weight is 288 g/mol. The number of rotatable bonds is 4. The molecule has 0 atom stereocenters. The zero-order chi connectivity index (χ0) is 15.5. The first-order chi connectivity index (χ1) is 10.1. The summed E-state index contributed by atoms with van der Waals surface area (Å²) < 4.78 is 0. The van der Waals surface area contributed by atoms with Gasteiger partial charge in [0.15, 0.2) is 0 Å². The lowest BCUT2D eigenvalue weighted by atomic mass is 9.90. The molecule has 0 spiro atoms. The van der Waals surface area contributed by atoms with Crippen molar-refractivity contribution in [2.45, 2.75) is 52.0 Å². The molecule has 114 valence electrons. The summed E-state index contributed by atoms with van der Waals surface area (Å²) in [5, 5.41) is 2.95. The maximum absolute atomic E-state index is 13.1. The summed E-state index contributed by atoms with van der Waals surface area (Å²) in [6.07, 6.45) is 2.44. The molecule has 1 aromatic rings. The Hall–Kier alpha value is -1.84. The van der Waals surface area contributed by atoms with Crippen molar-refractivity contribution in [1.29, 1.82) is 0 Å². The van der Waals surface area contributed by atoms with Gasteiger partial charge in [-0.1, -0.05) is 39.0 Å². The van der Waals surface area contributed by atoms with Gasteiger partial charge in [-0.25, -0.2) is 0 Å². The van der Waals surface area contributed by atoms with E-state index in [2.05, 4.69) is 12.2 Å². The zero-order valence-corrected chi connectivity index (χ0v) is 13.1. The molecule has 1 aliphatic heterocycles. The van der Waals surface area contributed by atoms with Gasteiger partial charge in [0, 0.05) is 18.7 Å². The third-order valence-electron chi connectivity index (χ3n) is 4.47. The van der Waals surface area contributed by atoms with E-state index in [1.54, 1.807) is 4.90 Å². The van der Waals surface area contributed by atoms with Crippen LogP contribution in [-0.4, -0.2) is 23.9 Å². The Labute approximate surface area is 126 Å².